The molecule has 1 aliphatic rings. The molecule has 0 bridgehead atoms. The number of anilines is 1. The van der Waals surface area contributed by atoms with E-state index >= 15 is 0 Å². The highest BCUT2D eigenvalue weighted by Gasteiger charge is 2.26. The van der Waals surface area contributed by atoms with Crippen LogP contribution in [0.15, 0.2) is 0 Å². The summed E-state index contributed by atoms with van der Waals surface area (Å²) < 4.78 is 0. The Morgan fingerprint density at radius 1 is 1.12 bits per heavy atom. The Morgan fingerprint density at radius 2 is 1.96 bits per heavy atom. The number of rotatable bonds is 4. The summed E-state index contributed by atoms with van der Waals surface area (Å²) in [5.41, 5.74) is 1.44. The molecule has 2 N–H and O–H groups in total. The standard InChI is InChI=1S/C17H22N6S/c1-8(2)14(16-19-10(4)22-23-16)21-15-13-11-6-5-7-12(11)24-17(13)20-9(3)18-15/h8,14H,5-7H2,1-4H3,(H,18,20,21)(H,19,22,23)/t14-/m0/s1. The van der Waals surface area contributed by atoms with Gasteiger partial charge in [0.25, 0.3) is 0 Å². The van der Waals surface area contributed by atoms with E-state index in [0.717, 1.165) is 34.5 Å². The van der Waals surface area contributed by atoms with Crippen molar-refractivity contribution in [1.29, 1.82) is 0 Å². The van der Waals surface area contributed by atoms with Crippen LogP contribution in [-0.2, 0) is 12.8 Å². The topological polar surface area (TPSA) is 79.4 Å². The lowest BCUT2D eigenvalue weighted by Crippen LogP contribution is -2.19. The number of nitrogens with zero attached hydrogens (tertiary/aromatic N) is 4. The van der Waals surface area contributed by atoms with Crippen LogP contribution in [0.1, 0.15) is 54.2 Å². The highest BCUT2D eigenvalue weighted by Crippen LogP contribution is 2.40. The summed E-state index contributed by atoms with van der Waals surface area (Å²) in [5.74, 6) is 3.70. The van der Waals surface area contributed by atoms with Gasteiger partial charge in [0, 0.05) is 4.88 Å². The highest BCUT2D eigenvalue weighted by molar-refractivity contribution is 7.19. The minimum Gasteiger partial charge on any atom is -0.359 e. The molecule has 0 aromatic carbocycles. The fraction of sp³-hybridized carbons (Fsp3) is 0.529. The van der Waals surface area contributed by atoms with Crippen molar-refractivity contribution in [2.24, 2.45) is 5.92 Å². The molecule has 126 valence electrons. The SMILES string of the molecule is Cc1nc(N[C@H](c2n[nH]c(C)n2)C(C)C)c2c3c(sc2n1)CCC3. The van der Waals surface area contributed by atoms with Crippen LogP contribution in [0.4, 0.5) is 5.82 Å². The zero-order valence-corrected chi connectivity index (χ0v) is 15.3. The van der Waals surface area contributed by atoms with E-state index < -0.39 is 0 Å². The van der Waals surface area contributed by atoms with Gasteiger partial charge in [-0.15, -0.1) is 11.3 Å². The maximum atomic E-state index is 4.72. The predicted octanol–water partition coefficient (Wildman–Crippen LogP) is 3.72. The molecule has 0 saturated heterocycles. The van der Waals surface area contributed by atoms with Crippen LogP contribution >= 0.6 is 11.3 Å². The molecule has 0 fully saturated rings. The first-order valence-corrected chi connectivity index (χ1v) is 9.29. The minimum atomic E-state index is 0.0180. The maximum absolute atomic E-state index is 4.72. The number of hydrogen-bond donors (Lipinski definition) is 2. The van der Waals surface area contributed by atoms with Gasteiger partial charge < -0.3 is 5.32 Å². The summed E-state index contributed by atoms with van der Waals surface area (Å²) in [6.07, 6.45) is 3.53. The van der Waals surface area contributed by atoms with Crippen molar-refractivity contribution in [2.45, 2.75) is 53.0 Å². The normalized spacial score (nSPS) is 15.2. The number of H-pyrrole nitrogens is 1. The lowest BCUT2D eigenvalue weighted by molar-refractivity contribution is 0.522. The van der Waals surface area contributed by atoms with Gasteiger partial charge in [-0.2, -0.15) is 5.10 Å². The molecule has 1 aliphatic carbocycles. The van der Waals surface area contributed by atoms with Crippen LogP contribution in [0.3, 0.4) is 0 Å². The van der Waals surface area contributed by atoms with E-state index in [4.69, 9.17) is 4.98 Å². The fourth-order valence-corrected chi connectivity index (χ4v) is 4.69. The molecule has 24 heavy (non-hydrogen) atoms. The van der Waals surface area contributed by atoms with Crippen molar-refractivity contribution in [1.82, 2.24) is 25.1 Å². The highest BCUT2D eigenvalue weighted by atomic mass is 32.1. The van der Waals surface area contributed by atoms with Gasteiger partial charge in [-0.3, -0.25) is 5.10 Å². The second kappa shape index (κ2) is 5.81. The lowest BCUT2D eigenvalue weighted by Gasteiger charge is -2.21. The molecule has 3 heterocycles. The van der Waals surface area contributed by atoms with Crippen molar-refractivity contribution >= 4 is 27.4 Å². The van der Waals surface area contributed by atoms with Crippen molar-refractivity contribution in [3.05, 3.63) is 27.9 Å². The van der Waals surface area contributed by atoms with Gasteiger partial charge >= 0.3 is 0 Å². The van der Waals surface area contributed by atoms with Crippen LogP contribution in [-0.4, -0.2) is 25.1 Å². The Labute approximate surface area is 145 Å². The van der Waals surface area contributed by atoms with Gasteiger partial charge in [-0.25, -0.2) is 15.0 Å². The van der Waals surface area contributed by atoms with Crippen LogP contribution in [0.5, 0.6) is 0 Å². The third kappa shape index (κ3) is 2.56. The van der Waals surface area contributed by atoms with E-state index in [2.05, 4.69) is 39.3 Å². The summed E-state index contributed by atoms with van der Waals surface area (Å²) >= 11 is 1.82. The van der Waals surface area contributed by atoms with Crippen LogP contribution in [0.25, 0.3) is 10.2 Å². The molecule has 0 saturated carbocycles. The number of aromatic nitrogens is 5. The zero-order chi connectivity index (χ0) is 16.8. The van der Waals surface area contributed by atoms with E-state index in [1.807, 2.05) is 25.2 Å². The Balaban J connectivity index is 1.80. The molecule has 7 heteroatoms. The van der Waals surface area contributed by atoms with Gasteiger partial charge in [-0.05, 0) is 44.6 Å². The van der Waals surface area contributed by atoms with Crippen molar-refractivity contribution in [2.75, 3.05) is 5.32 Å². The van der Waals surface area contributed by atoms with Gasteiger partial charge in [0.05, 0.1) is 11.4 Å². The molecule has 3 aromatic heterocycles. The number of aromatic amines is 1. The van der Waals surface area contributed by atoms with Crippen molar-refractivity contribution in [3.8, 4) is 0 Å². The Morgan fingerprint density at radius 3 is 2.67 bits per heavy atom. The number of thiophene rings is 1. The number of nitrogens with one attached hydrogen (secondary N) is 2. The molecule has 0 radical (unpaired) electrons. The minimum absolute atomic E-state index is 0.0180. The molecule has 0 spiro atoms. The third-order valence-electron chi connectivity index (χ3n) is 4.53. The van der Waals surface area contributed by atoms with E-state index in [1.54, 1.807) is 0 Å². The molecular weight excluding hydrogens is 320 g/mol. The van der Waals surface area contributed by atoms with Gasteiger partial charge in [0.2, 0.25) is 0 Å². The lowest BCUT2D eigenvalue weighted by atomic mass is 10.0. The van der Waals surface area contributed by atoms with E-state index in [-0.39, 0.29) is 6.04 Å². The average molecular weight is 342 g/mol. The largest absolute Gasteiger partial charge is 0.359 e. The summed E-state index contributed by atoms with van der Waals surface area (Å²) in [4.78, 5) is 16.5. The molecular formula is C17H22N6S. The van der Waals surface area contributed by atoms with Gasteiger partial charge in [0.1, 0.15) is 22.3 Å². The zero-order valence-electron chi connectivity index (χ0n) is 14.5. The molecule has 3 aromatic rings. The van der Waals surface area contributed by atoms with Gasteiger partial charge in [0.15, 0.2) is 5.82 Å². The Bertz CT molecular complexity index is 894. The first-order valence-electron chi connectivity index (χ1n) is 8.47. The molecule has 4 rings (SSSR count). The van der Waals surface area contributed by atoms with Crippen molar-refractivity contribution in [3.63, 3.8) is 0 Å². The molecule has 6 nitrogen and oxygen atoms in total. The van der Waals surface area contributed by atoms with E-state index in [1.165, 1.54) is 28.7 Å². The second-order valence-electron chi connectivity index (χ2n) is 6.80. The predicted molar refractivity (Wildman–Crippen MR) is 96.5 cm³/mol. The van der Waals surface area contributed by atoms with E-state index in [9.17, 15) is 0 Å². The third-order valence-corrected chi connectivity index (χ3v) is 5.71. The number of hydrogen-bond acceptors (Lipinski definition) is 6. The smallest absolute Gasteiger partial charge is 0.173 e. The van der Waals surface area contributed by atoms with E-state index in [0.29, 0.717) is 5.92 Å². The molecule has 0 aliphatic heterocycles. The van der Waals surface area contributed by atoms with Crippen LogP contribution in [0.2, 0.25) is 0 Å². The Kier molecular flexibility index (Phi) is 3.75. The average Bonchev–Trinajstić information content (AvgIpc) is 3.19. The monoisotopic (exact) mass is 342 g/mol. The molecule has 0 unspecified atom stereocenters. The van der Waals surface area contributed by atoms with Crippen molar-refractivity contribution < 1.29 is 0 Å². The van der Waals surface area contributed by atoms with Crippen LogP contribution in [0, 0.1) is 19.8 Å². The summed E-state index contributed by atoms with van der Waals surface area (Å²) in [7, 11) is 0. The summed E-state index contributed by atoms with van der Waals surface area (Å²) in [6, 6.07) is 0.0180. The molecule has 0 amide bonds. The quantitative estimate of drug-likeness (QED) is 0.755. The van der Waals surface area contributed by atoms with Crippen LogP contribution < -0.4 is 5.32 Å². The number of aryl methyl sites for hydroxylation is 4. The fourth-order valence-electron chi connectivity index (χ4n) is 3.38. The first kappa shape index (κ1) is 15.5. The van der Waals surface area contributed by atoms with Gasteiger partial charge in [-0.1, -0.05) is 13.8 Å². The Hall–Kier alpha value is -2.02. The first-order chi connectivity index (χ1) is 11.5. The summed E-state index contributed by atoms with van der Waals surface area (Å²) in [5, 5.41) is 12.1. The molecule has 1 atom stereocenters. The summed E-state index contributed by atoms with van der Waals surface area (Å²) in [6.45, 7) is 8.22. The maximum Gasteiger partial charge on any atom is 0.173 e. The number of fused-ring (bicyclic) bond motifs is 3. The second-order valence-corrected chi connectivity index (χ2v) is 7.89.